The Hall–Kier alpha value is -1.26. The number of nitrogens with zero attached hydrogens (tertiary/aromatic N) is 3. The van der Waals surface area contributed by atoms with Crippen molar-refractivity contribution in [3.05, 3.63) is 0 Å². The number of aliphatic carboxylic acids is 1. The highest BCUT2D eigenvalue weighted by Gasteiger charge is 2.39. The molecule has 1 rings (SSSR count). The van der Waals surface area contributed by atoms with Gasteiger partial charge in [0.2, 0.25) is 0 Å². The van der Waals surface area contributed by atoms with Gasteiger partial charge in [-0.05, 0) is 0 Å². The summed E-state index contributed by atoms with van der Waals surface area (Å²) < 4.78 is 2.00. The van der Waals surface area contributed by atoms with Gasteiger partial charge in [0, 0.05) is 0 Å². The molecule has 1 aliphatic rings. The molecule has 80 valence electrons. The zero-order valence-corrected chi connectivity index (χ0v) is 9.19. The molecule has 5 nitrogen and oxygen atoms in total. The fraction of sp³-hybridized carbons (Fsp3) is 0.778. The van der Waals surface area contributed by atoms with Crippen LogP contribution in [0.4, 0.5) is 0 Å². The first kappa shape index (κ1) is 10.8. The Bertz CT molecular complexity index is 271. The molecule has 1 atom stereocenters. The van der Waals surface area contributed by atoms with E-state index in [2.05, 4.69) is 4.90 Å². The SMILES string of the molecule is CN1CC(CC(=O)O)N(C)C1=[N+](C)C. The van der Waals surface area contributed by atoms with Crippen LogP contribution in [0.5, 0.6) is 0 Å². The standard InChI is InChI=1S/C9H17N3O2/c1-10(2)9-11(3)6-7(12(9)4)5-8(13)14/h7H,5-6H2,1-4H3/p+1. The van der Waals surface area contributed by atoms with Gasteiger partial charge in [0.25, 0.3) is 0 Å². The lowest BCUT2D eigenvalue weighted by molar-refractivity contribution is -0.474. The van der Waals surface area contributed by atoms with Crippen molar-refractivity contribution in [1.29, 1.82) is 0 Å². The van der Waals surface area contributed by atoms with Crippen LogP contribution in [0, 0.1) is 0 Å². The monoisotopic (exact) mass is 200 g/mol. The molecular formula is C9H18N3O2+. The molecule has 0 radical (unpaired) electrons. The van der Waals surface area contributed by atoms with Crippen molar-refractivity contribution in [3.8, 4) is 0 Å². The van der Waals surface area contributed by atoms with E-state index in [9.17, 15) is 4.79 Å². The predicted molar refractivity (Wildman–Crippen MR) is 53.5 cm³/mol. The van der Waals surface area contributed by atoms with Crippen LogP contribution in [0.2, 0.25) is 0 Å². The average Bonchev–Trinajstić information content (AvgIpc) is 2.25. The maximum absolute atomic E-state index is 10.6. The third kappa shape index (κ3) is 1.97. The Balaban J connectivity index is 2.79. The quantitative estimate of drug-likeness (QED) is 0.601. The number of carboxylic acids is 1. The molecule has 0 aromatic carbocycles. The van der Waals surface area contributed by atoms with E-state index in [1.165, 1.54) is 0 Å². The second-order valence-electron chi connectivity index (χ2n) is 3.94. The van der Waals surface area contributed by atoms with E-state index >= 15 is 0 Å². The summed E-state index contributed by atoms with van der Waals surface area (Å²) in [5.41, 5.74) is 0. The molecule has 0 aromatic heterocycles. The van der Waals surface area contributed by atoms with E-state index in [1.807, 2.05) is 37.7 Å². The smallest absolute Gasteiger partial charge is 0.350 e. The minimum atomic E-state index is -0.741. The molecule has 0 aliphatic carbocycles. The Labute approximate surface area is 84.2 Å². The average molecular weight is 200 g/mol. The molecule has 1 saturated heterocycles. The topological polar surface area (TPSA) is 46.8 Å². The summed E-state index contributed by atoms with van der Waals surface area (Å²) in [5, 5.41) is 8.73. The van der Waals surface area contributed by atoms with Crippen molar-refractivity contribution in [2.75, 3.05) is 34.7 Å². The fourth-order valence-electron chi connectivity index (χ4n) is 2.01. The fourth-order valence-corrected chi connectivity index (χ4v) is 2.01. The van der Waals surface area contributed by atoms with Crippen LogP contribution in [-0.2, 0) is 4.79 Å². The Morgan fingerprint density at radius 1 is 1.57 bits per heavy atom. The van der Waals surface area contributed by atoms with E-state index in [0.29, 0.717) is 0 Å². The van der Waals surface area contributed by atoms with Gasteiger partial charge in [-0.25, -0.2) is 0 Å². The molecule has 14 heavy (non-hydrogen) atoms. The summed E-state index contributed by atoms with van der Waals surface area (Å²) >= 11 is 0. The van der Waals surface area contributed by atoms with E-state index in [0.717, 1.165) is 12.5 Å². The summed E-state index contributed by atoms with van der Waals surface area (Å²) in [4.78, 5) is 14.7. The second kappa shape index (κ2) is 3.86. The van der Waals surface area contributed by atoms with E-state index < -0.39 is 5.97 Å². The van der Waals surface area contributed by atoms with Gasteiger partial charge >= 0.3 is 11.9 Å². The molecule has 5 heteroatoms. The maximum Gasteiger partial charge on any atom is 0.350 e. The summed E-state index contributed by atoms with van der Waals surface area (Å²) in [6.45, 7) is 0.774. The van der Waals surface area contributed by atoms with Gasteiger partial charge < -0.3 is 5.11 Å². The van der Waals surface area contributed by atoms with Crippen LogP contribution in [0.1, 0.15) is 6.42 Å². The van der Waals surface area contributed by atoms with E-state index in [-0.39, 0.29) is 12.5 Å². The number of likely N-dealkylation sites (N-methyl/N-ethyl adjacent to an activating group) is 2. The minimum Gasteiger partial charge on any atom is -0.481 e. The molecule has 0 amide bonds. The summed E-state index contributed by atoms with van der Waals surface area (Å²) in [7, 11) is 7.84. The predicted octanol–water partition coefficient (Wildman–Crippen LogP) is -0.665. The van der Waals surface area contributed by atoms with Crippen LogP contribution >= 0.6 is 0 Å². The molecule has 0 saturated carbocycles. The third-order valence-corrected chi connectivity index (χ3v) is 2.50. The van der Waals surface area contributed by atoms with Crippen molar-refractivity contribution >= 4 is 11.9 Å². The van der Waals surface area contributed by atoms with Gasteiger partial charge in [-0.15, -0.1) is 0 Å². The van der Waals surface area contributed by atoms with Crippen molar-refractivity contribution in [3.63, 3.8) is 0 Å². The second-order valence-corrected chi connectivity index (χ2v) is 3.94. The van der Waals surface area contributed by atoms with Crippen molar-refractivity contribution in [2.45, 2.75) is 12.5 Å². The highest BCUT2D eigenvalue weighted by atomic mass is 16.4. The number of carboxylic acid groups (broad SMARTS) is 1. The first-order chi connectivity index (χ1) is 6.43. The zero-order valence-electron chi connectivity index (χ0n) is 9.19. The number of carbonyl (C=O) groups is 1. The molecule has 0 aromatic rings. The van der Waals surface area contributed by atoms with Crippen LogP contribution in [-0.4, -0.2) is 72.2 Å². The van der Waals surface area contributed by atoms with Gasteiger partial charge in [0.1, 0.15) is 12.6 Å². The van der Waals surface area contributed by atoms with Crippen molar-refractivity contribution < 1.29 is 14.5 Å². The molecule has 1 unspecified atom stereocenters. The van der Waals surface area contributed by atoms with Crippen LogP contribution in [0.25, 0.3) is 0 Å². The molecule has 1 aliphatic heterocycles. The van der Waals surface area contributed by atoms with Crippen molar-refractivity contribution in [1.82, 2.24) is 9.80 Å². The number of hydrogen-bond donors (Lipinski definition) is 1. The lowest BCUT2D eigenvalue weighted by Gasteiger charge is -2.13. The molecule has 0 bridgehead atoms. The van der Waals surface area contributed by atoms with E-state index in [4.69, 9.17) is 5.11 Å². The van der Waals surface area contributed by atoms with Gasteiger partial charge in [-0.2, -0.15) is 0 Å². The number of hydrogen-bond acceptors (Lipinski definition) is 1. The summed E-state index contributed by atoms with van der Waals surface area (Å²) in [6, 6.07) is 0.0786. The number of guanidine groups is 1. The Kier molecular flexibility index (Phi) is 2.98. The maximum atomic E-state index is 10.6. The highest BCUT2D eigenvalue weighted by molar-refractivity contribution is 5.79. The molecule has 1 heterocycles. The Morgan fingerprint density at radius 3 is 2.50 bits per heavy atom. The first-order valence-corrected chi connectivity index (χ1v) is 4.63. The normalized spacial score (nSPS) is 21.7. The summed E-state index contributed by atoms with van der Waals surface area (Å²) in [5.74, 6) is 0.325. The first-order valence-electron chi connectivity index (χ1n) is 4.63. The summed E-state index contributed by atoms with van der Waals surface area (Å²) in [6.07, 6.45) is 0.193. The zero-order chi connectivity index (χ0) is 10.9. The Morgan fingerprint density at radius 2 is 2.14 bits per heavy atom. The van der Waals surface area contributed by atoms with Crippen LogP contribution in [0.3, 0.4) is 0 Å². The molecule has 1 fully saturated rings. The lowest BCUT2D eigenvalue weighted by atomic mass is 10.2. The molecular weight excluding hydrogens is 182 g/mol. The number of rotatable bonds is 2. The highest BCUT2D eigenvalue weighted by Crippen LogP contribution is 2.14. The van der Waals surface area contributed by atoms with Crippen LogP contribution < -0.4 is 0 Å². The largest absolute Gasteiger partial charge is 0.481 e. The van der Waals surface area contributed by atoms with E-state index in [1.54, 1.807) is 0 Å². The molecule has 1 N–H and O–H groups in total. The third-order valence-electron chi connectivity index (χ3n) is 2.50. The van der Waals surface area contributed by atoms with Crippen molar-refractivity contribution in [2.24, 2.45) is 0 Å². The van der Waals surface area contributed by atoms with Crippen LogP contribution in [0.15, 0.2) is 0 Å². The van der Waals surface area contributed by atoms with Gasteiger partial charge in [0.05, 0.1) is 34.6 Å². The lowest BCUT2D eigenvalue weighted by Crippen LogP contribution is -2.37. The molecule has 0 spiro atoms. The van der Waals surface area contributed by atoms with Gasteiger partial charge in [-0.1, -0.05) is 0 Å². The van der Waals surface area contributed by atoms with Gasteiger partial charge in [-0.3, -0.25) is 19.2 Å². The minimum absolute atomic E-state index is 0.0786. The van der Waals surface area contributed by atoms with Gasteiger partial charge in [0.15, 0.2) is 0 Å².